The van der Waals surface area contributed by atoms with E-state index in [1.807, 2.05) is 24.1 Å². The maximum Gasteiger partial charge on any atom is 0.304 e. The van der Waals surface area contributed by atoms with Crippen molar-refractivity contribution in [3.05, 3.63) is 34.8 Å². The summed E-state index contributed by atoms with van der Waals surface area (Å²) in [5.41, 5.74) is 1.01. The molecule has 116 valence electrons. The van der Waals surface area contributed by atoms with Crippen LogP contribution in [0.15, 0.2) is 29.3 Å². The SMILES string of the molecule is C=CCOc1c(Br)cc(CN(C)CCC(=O)O)cc1OC. The summed E-state index contributed by atoms with van der Waals surface area (Å²) in [6.07, 6.45) is 1.79. The van der Waals surface area contributed by atoms with E-state index in [2.05, 4.69) is 22.5 Å². The van der Waals surface area contributed by atoms with Gasteiger partial charge in [-0.15, -0.1) is 0 Å². The van der Waals surface area contributed by atoms with Gasteiger partial charge in [0.2, 0.25) is 0 Å². The van der Waals surface area contributed by atoms with Gasteiger partial charge in [0.1, 0.15) is 6.61 Å². The van der Waals surface area contributed by atoms with Gasteiger partial charge in [0, 0.05) is 13.1 Å². The fraction of sp³-hybridized carbons (Fsp3) is 0.400. The molecule has 0 bridgehead atoms. The summed E-state index contributed by atoms with van der Waals surface area (Å²) >= 11 is 3.47. The van der Waals surface area contributed by atoms with Gasteiger partial charge < -0.3 is 19.5 Å². The maximum atomic E-state index is 10.6. The molecule has 5 nitrogen and oxygen atoms in total. The Kier molecular flexibility index (Phi) is 7.25. The van der Waals surface area contributed by atoms with Crippen molar-refractivity contribution >= 4 is 21.9 Å². The number of ether oxygens (including phenoxy) is 2. The molecule has 21 heavy (non-hydrogen) atoms. The molecule has 0 saturated carbocycles. The van der Waals surface area contributed by atoms with Gasteiger partial charge in [-0.2, -0.15) is 0 Å². The van der Waals surface area contributed by atoms with E-state index in [-0.39, 0.29) is 6.42 Å². The number of aliphatic carboxylic acids is 1. The zero-order valence-electron chi connectivity index (χ0n) is 12.3. The number of hydrogen-bond acceptors (Lipinski definition) is 4. The molecule has 0 unspecified atom stereocenters. The summed E-state index contributed by atoms with van der Waals surface area (Å²) in [5.74, 6) is 0.469. The van der Waals surface area contributed by atoms with Crippen LogP contribution in [0.2, 0.25) is 0 Å². The third-order valence-electron chi connectivity index (χ3n) is 2.79. The molecule has 1 N–H and O–H groups in total. The normalized spacial score (nSPS) is 10.5. The first kappa shape index (κ1) is 17.5. The van der Waals surface area contributed by atoms with E-state index in [4.69, 9.17) is 14.6 Å². The lowest BCUT2D eigenvalue weighted by molar-refractivity contribution is -0.137. The van der Waals surface area contributed by atoms with E-state index in [0.29, 0.717) is 31.2 Å². The van der Waals surface area contributed by atoms with E-state index >= 15 is 0 Å². The van der Waals surface area contributed by atoms with Gasteiger partial charge in [0.05, 0.1) is 18.0 Å². The lowest BCUT2D eigenvalue weighted by atomic mass is 10.2. The Hall–Kier alpha value is -1.53. The second kappa shape index (κ2) is 8.69. The van der Waals surface area contributed by atoms with E-state index < -0.39 is 5.97 Å². The Labute approximate surface area is 133 Å². The zero-order chi connectivity index (χ0) is 15.8. The molecule has 0 aliphatic heterocycles. The quantitative estimate of drug-likeness (QED) is 0.688. The van der Waals surface area contributed by atoms with Crippen LogP contribution < -0.4 is 9.47 Å². The highest BCUT2D eigenvalue weighted by Gasteiger charge is 2.12. The molecule has 0 saturated heterocycles. The minimum atomic E-state index is -0.797. The van der Waals surface area contributed by atoms with Crippen molar-refractivity contribution in [3.8, 4) is 11.5 Å². The highest BCUT2D eigenvalue weighted by molar-refractivity contribution is 9.10. The van der Waals surface area contributed by atoms with Crippen molar-refractivity contribution in [2.45, 2.75) is 13.0 Å². The number of carboxylic acids is 1. The first-order chi connectivity index (χ1) is 9.97. The zero-order valence-corrected chi connectivity index (χ0v) is 13.9. The fourth-order valence-corrected chi connectivity index (χ4v) is 2.43. The molecule has 0 aromatic heterocycles. The van der Waals surface area contributed by atoms with Crippen molar-refractivity contribution in [2.24, 2.45) is 0 Å². The van der Waals surface area contributed by atoms with E-state index in [1.54, 1.807) is 13.2 Å². The third kappa shape index (κ3) is 5.77. The molecule has 0 aliphatic rings. The molecule has 0 atom stereocenters. The van der Waals surface area contributed by atoms with Crippen LogP contribution in [-0.2, 0) is 11.3 Å². The first-order valence-corrected chi connectivity index (χ1v) is 7.27. The summed E-state index contributed by atoms with van der Waals surface area (Å²) in [5, 5.41) is 8.69. The van der Waals surface area contributed by atoms with Crippen LogP contribution in [0.4, 0.5) is 0 Å². The van der Waals surface area contributed by atoms with Gasteiger partial charge in [0.15, 0.2) is 11.5 Å². The molecule has 0 aliphatic carbocycles. The first-order valence-electron chi connectivity index (χ1n) is 6.48. The molecule has 0 spiro atoms. The summed E-state index contributed by atoms with van der Waals surface area (Å²) in [4.78, 5) is 12.5. The smallest absolute Gasteiger partial charge is 0.304 e. The molecule has 1 aromatic carbocycles. The van der Waals surface area contributed by atoms with Crippen LogP contribution in [0.1, 0.15) is 12.0 Å². The monoisotopic (exact) mass is 357 g/mol. The van der Waals surface area contributed by atoms with E-state index in [1.165, 1.54) is 0 Å². The molecule has 0 heterocycles. The molecule has 1 rings (SSSR count). The minimum Gasteiger partial charge on any atom is -0.493 e. The van der Waals surface area contributed by atoms with Gasteiger partial charge in [0.25, 0.3) is 0 Å². The predicted octanol–water partition coefficient (Wildman–Crippen LogP) is 2.93. The Balaban J connectivity index is 2.82. The van der Waals surface area contributed by atoms with Crippen LogP contribution >= 0.6 is 15.9 Å². The number of methoxy groups -OCH3 is 1. The molecule has 0 fully saturated rings. The van der Waals surface area contributed by atoms with Crippen molar-refractivity contribution in [1.82, 2.24) is 4.90 Å². The largest absolute Gasteiger partial charge is 0.493 e. The van der Waals surface area contributed by atoms with Crippen molar-refractivity contribution in [2.75, 3.05) is 27.3 Å². The van der Waals surface area contributed by atoms with Crippen LogP contribution in [-0.4, -0.2) is 43.3 Å². The number of carboxylic acid groups (broad SMARTS) is 1. The summed E-state index contributed by atoms with van der Waals surface area (Å²) < 4.78 is 11.7. The number of halogens is 1. The molecule has 0 amide bonds. The molecule has 0 radical (unpaired) electrons. The highest BCUT2D eigenvalue weighted by atomic mass is 79.9. The third-order valence-corrected chi connectivity index (χ3v) is 3.38. The van der Waals surface area contributed by atoms with Gasteiger partial charge in [-0.3, -0.25) is 4.79 Å². The second-order valence-electron chi connectivity index (χ2n) is 4.59. The average molecular weight is 358 g/mol. The van der Waals surface area contributed by atoms with Crippen molar-refractivity contribution in [1.29, 1.82) is 0 Å². The Morgan fingerprint density at radius 2 is 2.24 bits per heavy atom. The number of benzene rings is 1. The Bertz CT molecular complexity index is 505. The van der Waals surface area contributed by atoms with Crippen LogP contribution in [0.3, 0.4) is 0 Å². The van der Waals surface area contributed by atoms with Crippen LogP contribution in [0.5, 0.6) is 11.5 Å². The van der Waals surface area contributed by atoms with Crippen LogP contribution in [0.25, 0.3) is 0 Å². The predicted molar refractivity (Wildman–Crippen MR) is 85.0 cm³/mol. The van der Waals surface area contributed by atoms with Gasteiger partial charge in [-0.25, -0.2) is 0 Å². The highest BCUT2D eigenvalue weighted by Crippen LogP contribution is 2.36. The Morgan fingerprint density at radius 1 is 1.52 bits per heavy atom. The second-order valence-corrected chi connectivity index (χ2v) is 5.44. The van der Waals surface area contributed by atoms with Gasteiger partial charge >= 0.3 is 5.97 Å². The molecular weight excluding hydrogens is 338 g/mol. The minimum absolute atomic E-state index is 0.120. The number of hydrogen-bond donors (Lipinski definition) is 1. The van der Waals surface area contributed by atoms with Crippen molar-refractivity contribution in [3.63, 3.8) is 0 Å². The summed E-state index contributed by atoms with van der Waals surface area (Å²) in [6.45, 7) is 5.13. The molecule has 1 aromatic rings. The molecule has 6 heteroatoms. The van der Waals surface area contributed by atoms with Crippen molar-refractivity contribution < 1.29 is 19.4 Å². The molecular formula is C15H20BrNO4. The van der Waals surface area contributed by atoms with Crippen LogP contribution in [0, 0.1) is 0 Å². The summed E-state index contributed by atoms with van der Waals surface area (Å²) in [6, 6.07) is 3.83. The van der Waals surface area contributed by atoms with Gasteiger partial charge in [-0.1, -0.05) is 12.7 Å². The maximum absolute atomic E-state index is 10.6. The Morgan fingerprint density at radius 3 is 2.81 bits per heavy atom. The number of rotatable bonds is 9. The number of carbonyl (C=O) groups is 1. The fourth-order valence-electron chi connectivity index (χ4n) is 1.82. The number of nitrogens with zero attached hydrogens (tertiary/aromatic N) is 1. The lowest BCUT2D eigenvalue weighted by Gasteiger charge is -2.18. The summed E-state index contributed by atoms with van der Waals surface area (Å²) in [7, 11) is 3.46. The standard InChI is InChI=1S/C15H20BrNO4/c1-4-7-21-15-12(16)8-11(9-13(15)20-3)10-17(2)6-5-14(18)19/h4,8-9H,1,5-7,10H2,2-3H3,(H,18,19). The van der Waals surface area contributed by atoms with E-state index in [0.717, 1.165) is 10.0 Å². The van der Waals surface area contributed by atoms with Gasteiger partial charge in [-0.05, 0) is 40.7 Å². The average Bonchev–Trinajstić information content (AvgIpc) is 2.43. The topological polar surface area (TPSA) is 59.0 Å². The lowest BCUT2D eigenvalue weighted by Crippen LogP contribution is -2.21. The van der Waals surface area contributed by atoms with E-state index in [9.17, 15) is 4.79 Å².